The molecule has 0 saturated carbocycles. The summed E-state index contributed by atoms with van der Waals surface area (Å²) < 4.78 is 0. The molecule has 4 unspecified atom stereocenters. The molecule has 11 heteroatoms. The van der Waals surface area contributed by atoms with Gasteiger partial charge in [0.2, 0.25) is 0 Å². The van der Waals surface area contributed by atoms with Crippen molar-refractivity contribution in [1.82, 2.24) is 0 Å². The van der Waals surface area contributed by atoms with Crippen LogP contribution in [0.1, 0.15) is 0 Å². The Morgan fingerprint density at radius 2 is 1.47 bits per heavy atom. The van der Waals surface area contributed by atoms with Crippen molar-refractivity contribution < 1.29 is 86.8 Å². The molecule has 0 aliphatic carbocycles. The van der Waals surface area contributed by atoms with Crippen LogP contribution in [0.3, 0.4) is 0 Å². The van der Waals surface area contributed by atoms with Gasteiger partial charge in [0.05, 0.1) is 11.7 Å². The first kappa shape index (κ1) is 22.5. The zero-order valence-electron chi connectivity index (χ0n) is 8.91. The number of hydrogen-bond acceptors (Lipinski definition) is 9. The summed E-state index contributed by atoms with van der Waals surface area (Å²) >= 11 is 0. The summed E-state index contributed by atoms with van der Waals surface area (Å²) in [4.78, 5) is 18.1. The quantitative estimate of drug-likeness (QED) is 0.141. The van der Waals surface area contributed by atoms with E-state index in [2.05, 4.69) is 0 Å². The maximum atomic E-state index is 9.90. The average Bonchev–Trinajstić information content (AvgIpc) is 2.24. The SMILES string of the molecule is O=CC(O)C(O)C(O)C(O)CO.O=[N+]([O-])[O-].[K+]. The van der Waals surface area contributed by atoms with Crippen LogP contribution < -0.4 is 51.4 Å². The molecule has 0 aromatic carbocycles. The van der Waals surface area contributed by atoms with Crippen LogP contribution in [0.25, 0.3) is 0 Å². The van der Waals surface area contributed by atoms with Gasteiger partial charge in [-0.15, -0.1) is 0 Å². The number of rotatable bonds is 5. The Balaban J connectivity index is -0.000000340. The largest absolute Gasteiger partial charge is 1.00 e. The van der Waals surface area contributed by atoms with Gasteiger partial charge >= 0.3 is 51.4 Å². The molecule has 0 heterocycles. The zero-order chi connectivity index (χ0) is 13.3. The van der Waals surface area contributed by atoms with Crippen LogP contribution in [0, 0.1) is 15.3 Å². The van der Waals surface area contributed by atoms with Gasteiger partial charge in [0.1, 0.15) is 24.4 Å². The van der Waals surface area contributed by atoms with E-state index >= 15 is 0 Å². The average molecular weight is 281 g/mol. The van der Waals surface area contributed by atoms with E-state index in [0.29, 0.717) is 0 Å². The first-order chi connectivity index (χ1) is 7.27. The van der Waals surface area contributed by atoms with E-state index in [1.807, 2.05) is 0 Å². The summed E-state index contributed by atoms with van der Waals surface area (Å²) in [5.74, 6) is 0. The molecule has 0 spiro atoms. The fraction of sp³-hybridized carbons (Fsp3) is 0.833. The molecule has 0 saturated heterocycles. The number of nitrogens with zero attached hydrogens (tertiary/aromatic N) is 1. The number of hydrogen-bond donors (Lipinski definition) is 5. The number of carbonyl (C=O) groups is 1. The van der Waals surface area contributed by atoms with Crippen LogP contribution >= 0.6 is 0 Å². The summed E-state index contributed by atoms with van der Waals surface area (Å²) in [5, 5.41) is 58.3. The van der Waals surface area contributed by atoms with Gasteiger partial charge in [0.15, 0.2) is 6.29 Å². The fourth-order valence-electron chi connectivity index (χ4n) is 0.618. The first-order valence-corrected chi connectivity index (χ1v) is 3.87. The Morgan fingerprint density at radius 3 is 1.71 bits per heavy atom. The summed E-state index contributed by atoms with van der Waals surface area (Å²) in [5.41, 5.74) is 0. The van der Waals surface area contributed by atoms with E-state index in [0.717, 1.165) is 0 Å². The van der Waals surface area contributed by atoms with Crippen molar-refractivity contribution in [3.8, 4) is 0 Å². The monoisotopic (exact) mass is 281 g/mol. The van der Waals surface area contributed by atoms with Crippen molar-refractivity contribution in [2.75, 3.05) is 6.61 Å². The Labute approximate surface area is 138 Å². The molecule has 0 amide bonds. The molecule has 0 rings (SSSR count). The standard InChI is InChI=1S/C6H12O6.K.NO3/c7-1-3(9)5(11)6(12)4(10)2-8;;2-1(3)4/h1,3-6,8-12H,2H2;;/q;+1;-1. The third-order valence-corrected chi connectivity index (χ3v) is 1.42. The van der Waals surface area contributed by atoms with Gasteiger partial charge in [-0.05, 0) is 0 Å². The maximum Gasteiger partial charge on any atom is 1.00 e. The predicted octanol–water partition coefficient (Wildman–Crippen LogP) is -6.61. The van der Waals surface area contributed by atoms with E-state index in [-0.39, 0.29) is 57.7 Å². The number of carbonyl (C=O) groups excluding carboxylic acids is 1. The van der Waals surface area contributed by atoms with Gasteiger partial charge in [-0.2, -0.15) is 0 Å². The minimum Gasteiger partial charge on any atom is -0.394 e. The van der Waals surface area contributed by atoms with Crippen LogP contribution in [-0.4, -0.2) is 67.9 Å². The van der Waals surface area contributed by atoms with Gasteiger partial charge in [0.25, 0.3) is 0 Å². The summed E-state index contributed by atoms with van der Waals surface area (Å²) in [7, 11) is 0. The molecule has 0 bridgehead atoms. The normalized spacial score (nSPS) is 16.3. The van der Waals surface area contributed by atoms with Crippen LogP contribution in [0.5, 0.6) is 0 Å². The van der Waals surface area contributed by atoms with Gasteiger partial charge in [-0.3, -0.25) is 0 Å². The number of aliphatic hydroxyl groups is 5. The second-order valence-electron chi connectivity index (χ2n) is 2.58. The van der Waals surface area contributed by atoms with Crippen LogP contribution in [0.15, 0.2) is 0 Å². The number of aldehydes is 1. The minimum atomic E-state index is -1.79. The smallest absolute Gasteiger partial charge is 0.394 e. The van der Waals surface area contributed by atoms with Crippen LogP contribution in [-0.2, 0) is 4.79 Å². The third kappa shape index (κ3) is 12.6. The van der Waals surface area contributed by atoms with E-state index in [1.165, 1.54) is 0 Å². The first-order valence-electron chi connectivity index (χ1n) is 3.87. The molecule has 0 aliphatic heterocycles. The minimum absolute atomic E-state index is 0. The number of aliphatic hydroxyl groups excluding tert-OH is 5. The molecule has 0 fully saturated rings. The molecule has 10 nitrogen and oxygen atoms in total. The van der Waals surface area contributed by atoms with Gasteiger partial charge in [-0.25, -0.2) is 0 Å². The molecular formula is C6H12KNO9. The van der Waals surface area contributed by atoms with Gasteiger partial charge in [-0.1, -0.05) is 0 Å². The second kappa shape index (κ2) is 12.8. The van der Waals surface area contributed by atoms with Crippen molar-refractivity contribution in [3.63, 3.8) is 0 Å². The van der Waals surface area contributed by atoms with Crippen molar-refractivity contribution in [3.05, 3.63) is 15.3 Å². The molecule has 4 atom stereocenters. The van der Waals surface area contributed by atoms with Crippen LogP contribution in [0.2, 0.25) is 0 Å². The Morgan fingerprint density at radius 1 is 1.12 bits per heavy atom. The van der Waals surface area contributed by atoms with E-state index in [4.69, 9.17) is 40.9 Å². The molecular weight excluding hydrogens is 269 g/mol. The van der Waals surface area contributed by atoms with E-state index in [1.54, 1.807) is 0 Å². The van der Waals surface area contributed by atoms with Gasteiger partial charge < -0.3 is 45.6 Å². The van der Waals surface area contributed by atoms with Crippen molar-refractivity contribution in [1.29, 1.82) is 0 Å². The molecule has 17 heavy (non-hydrogen) atoms. The molecule has 96 valence electrons. The molecule has 0 aromatic rings. The van der Waals surface area contributed by atoms with Crippen molar-refractivity contribution in [2.24, 2.45) is 0 Å². The summed E-state index contributed by atoms with van der Waals surface area (Å²) in [6.07, 6.45) is -6.84. The molecule has 0 aromatic heterocycles. The summed E-state index contributed by atoms with van der Waals surface area (Å²) in [6, 6.07) is 0. The molecule has 0 aliphatic rings. The van der Waals surface area contributed by atoms with Crippen molar-refractivity contribution in [2.45, 2.75) is 24.4 Å². The Hall–Kier alpha value is 0.306. The molecule has 5 N–H and O–H groups in total. The third-order valence-electron chi connectivity index (χ3n) is 1.42. The predicted molar refractivity (Wildman–Crippen MR) is 47.5 cm³/mol. The van der Waals surface area contributed by atoms with Crippen molar-refractivity contribution >= 4 is 6.29 Å². The maximum absolute atomic E-state index is 9.90. The molecule has 0 radical (unpaired) electrons. The van der Waals surface area contributed by atoms with E-state index in [9.17, 15) is 4.79 Å². The Bertz CT molecular complexity index is 212. The zero-order valence-corrected chi connectivity index (χ0v) is 12.0. The topological polar surface area (TPSA) is 184 Å². The fourth-order valence-corrected chi connectivity index (χ4v) is 0.618. The second-order valence-corrected chi connectivity index (χ2v) is 2.58. The van der Waals surface area contributed by atoms with Gasteiger partial charge in [0, 0.05) is 0 Å². The van der Waals surface area contributed by atoms with E-state index < -0.39 is 36.1 Å². The van der Waals surface area contributed by atoms with Crippen LogP contribution in [0.4, 0.5) is 0 Å². The summed E-state index contributed by atoms with van der Waals surface area (Å²) in [6.45, 7) is -0.760. The Kier molecular flexibility index (Phi) is 16.9.